The number of para-hydroxylation sites is 1. The molecule has 0 aliphatic heterocycles. The first kappa shape index (κ1) is 20.2. The molecule has 2 aromatic heterocycles. The third-order valence-corrected chi connectivity index (χ3v) is 5.21. The lowest BCUT2D eigenvalue weighted by molar-refractivity contribution is 0.0696. The average Bonchev–Trinajstić information content (AvgIpc) is 2.78. The molecule has 31 heavy (non-hydrogen) atoms. The van der Waals surface area contributed by atoms with Crippen molar-refractivity contribution in [2.75, 3.05) is 5.32 Å². The van der Waals surface area contributed by atoms with Crippen LogP contribution in [0.15, 0.2) is 72.9 Å². The van der Waals surface area contributed by atoms with Crippen LogP contribution in [0.25, 0.3) is 10.9 Å². The number of aromatic nitrogens is 2. The lowest BCUT2D eigenvalue weighted by Crippen LogP contribution is -2.15. The molecule has 0 unspecified atom stereocenters. The molecule has 2 heterocycles. The number of nitrogens with zero attached hydrogens (tertiary/aromatic N) is 2. The number of aryl methyl sites for hydroxylation is 3. The van der Waals surface area contributed by atoms with E-state index < -0.39 is 11.9 Å². The second kappa shape index (κ2) is 8.75. The first-order valence-corrected chi connectivity index (χ1v) is 9.95. The summed E-state index contributed by atoms with van der Waals surface area (Å²) < 4.78 is 0. The fourth-order valence-electron chi connectivity index (χ4n) is 3.51. The van der Waals surface area contributed by atoms with E-state index in [-0.39, 0.29) is 11.4 Å². The topological polar surface area (TPSA) is 92.2 Å². The Morgan fingerprint density at radius 2 is 1.68 bits per heavy atom. The quantitative estimate of drug-likeness (QED) is 0.481. The van der Waals surface area contributed by atoms with Gasteiger partial charge in [0.05, 0.1) is 11.1 Å². The summed E-state index contributed by atoms with van der Waals surface area (Å²) in [5.41, 5.74) is 4.67. The minimum Gasteiger partial charge on any atom is -0.478 e. The third kappa shape index (κ3) is 4.59. The van der Waals surface area contributed by atoms with Gasteiger partial charge in [0.25, 0.3) is 5.91 Å². The Hall–Kier alpha value is -4.06. The molecule has 6 nitrogen and oxygen atoms in total. The van der Waals surface area contributed by atoms with Crippen molar-refractivity contribution in [2.24, 2.45) is 0 Å². The van der Waals surface area contributed by atoms with Crippen molar-refractivity contribution in [3.63, 3.8) is 0 Å². The predicted octanol–water partition coefficient (Wildman–Crippen LogP) is 4.67. The Morgan fingerprint density at radius 1 is 0.935 bits per heavy atom. The molecule has 4 rings (SSSR count). The van der Waals surface area contributed by atoms with E-state index in [0.717, 1.165) is 29.3 Å². The van der Waals surface area contributed by atoms with E-state index >= 15 is 0 Å². The highest BCUT2D eigenvalue weighted by Crippen LogP contribution is 2.22. The summed E-state index contributed by atoms with van der Waals surface area (Å²) in [6.45, 7) is 2.10. The number of anilines is 1. The van der Waals surface area contributed by atoms with Gasteiger partial charge in [-0.1, -0.05) is 42.5 Å². The molecule has 0 radical (unpaired) electrons. The fraction of sp³-hybridized carbons (Fsp3) is 0.120. The lowest BCUT2D eigenvalue weighted by atomic mass is 9.98. The largest absolute Gasteiger partial charge is 0.478 e. The summed E-state index contributed by atoms with van der Waals surface area (Å²) in [7, 11) is 0. The number of carboxylic acids is 1. The molecule has 0 fully saturated rings. The van der Waals surface area contributed by atoms with Gasteiger partial charge in [-0.05, 0) is 60.7 Å². The van der Waals surface area contributed by atoms with Gasteiger partial charge in [0.1, 0.15) is 11.5 Å². The number of pyridine rings is 2. The van der Waals surface area contributed by atoms with Gasteiger partial charge in [-0.15, -0.1) is 0 Å². The number of carbonyl (C=O) groups is 2. The number of rotatable bonds is 6. The number of carboxylic acid groups (broad SMARTS) is 1. The van der Waals surface area contributed by atoms with Gasteiger partial charge in [0, 0.05) is 11.6 Å². The molecular formula is C25H21N3O3. The molecular weight excluding hydrogens is 390 g/mol. The number of aromatic carboxylic acids is 1. The molecule has 154 valence electrons. The number of amides is 1. The van der Waals surface area contributed by atoms with Crippen LogP contribution in [0.1, 0.15) is 37.5 Å². The van der Waals surface area contributed by atoms with Crippen LogP contribution < -0.4 is 5.32 Å². The van der Waals surface area contributed by atoms with E-state index in [1.807, 2.05) is 42.5 Å². The van der Waals surface area contributed by atoms with Crippen molar-refractivity contribution in [1.82, 2.24) is 9.97 Å². The highest BCUT2D eigenvalue weighted by molar-refractivity contribution is 6.04. The normalized spacial score (nSPS) is 10.7. The molecule has 2 aromatic carbocycles. The van der Waals surface area contributed by atoms with Crippen molar-refractivity contribution >= 4 is 28.6 Å². The predicted molar refractivity (Wildman–Crippen MR) is 119 cm³/mol. The average molecular weight is 411 g/mol. The summed E-state index contributed by atoms with van der Waals surface area (Å²) in [4.78, 5) is 32.3. The number of benzene rings is 2. The second-order valence-corrected chi connectivity index (χ2v) is 7.30. The van der Waals surface area contributed by atoms with E-state index in [2.05, 4.69) is 34.3 Å². The Morgan fingerprint density at radius 3 is 2.42 bits per heavy atom. The van der Waals surface area contributed by atoms with Crippen molar-refractivity contribution < 1.29 is 14.7 Å². The Bertz CT molecular complexity index is 1270. The minimum absolute atomic E-state index is 0.0559. The van der Waals surface area contributed by atoms with Gasteiger partial charge in [0.2, 0.25) is 0 Å². The van der Waals surface area contributed by atoms with Crippen molar-refractivity contribution in [3.05, 3.63) is 101 Å². The summed E-state index contributed by atoms with van der Waals surface area (Å²) >= 11 is 0. The van der Waals surface area contributed by atoms with Crippen LogP contribution in [0.4, 0.5) is 5.82 Å². The summed E-state index contributed by atoms with van der Waals surface area (Å²) in [6.07, 6.45) is 2.85. The van der Waals surface area contributed by atoms with E-state index in [9.17, 15) is 9.59 Å². The van der Waals surface area contributed by atoms with Gasteiger partial charge in [0.15, 0.2) is 0 Å². The zero-order valence-electron chi connectivity index (χ0n) is 17.0. The van der Waals surface area contributed by atoms with Gasteiger partial charge in [-0.25, -0.2) is 14.8 Å². The summed E-state index contributed by atoms with van der Waals surface area (Å²) in [5, 5.41) is 12.7. The van der Waals surface area contributed by atoms with Gasteiger partial charge in [-0.3, -0.25) is 4.79 Å². The monoisotopic (exact) mass is 411 g/mol. The molecule has 0 saturated carbocycles. The number of carbonyl (C=O) groups excluding carboxylic acids is 1. The minimum atomic E-state index is -1.07. The second-order valence-electron chi connectivity index (χ2n) is 7.30. The van der Waals surface area contributed by atoms with Crippen molar-refractivity contribution in [1.29, 1.82) is 0 Å². The maximum absolute atomic E-state index is 12.8. The number of hydrogen-bond acceptors (Lipinski definition) is 4. The number of hydrogen-bond donors (Lipinski definition) is 2. The molecule has 0 spiro atoms. The molecule has 6 heteroatoms. The van der Waals surface area contributed by atoms with Crippen LogP contribution in [-0.2, 0) is 12.8 Å². The highest BCUT2D eigenvalue weighted by Gasteiger charge is 2.14. The third-order valence-electron chi connectivity index (χ3n) is 5.21. The number of fused-ring (bicyclic) bond motifs is 1. The molecule has 0 bridgehead atoms. The lowest BCUT2D eigenvalue weighted by Gasteiger charge is -2.11. The SMILES string of the molecule is Cc1ccccc1CCc1cc(C(=O)Nc2ccc(C(=O)O)cn2)nc2ccccc12. The standard InChI is InChI=1S/C25H21N3O3/c1-16-6-2-3-7-17(16)10-11-18-14-22(27-21-9-5-4-8-20(18)21)24(29)28-23-13-12-19(15-26-23)25(30)31/h2-9,12-15H,10-11H2,1H3,(H,30,31)(H,26,28,29). The van der Waals surface area contributed by atoms with Crippen LogP contribution in [0.3, 0.4) is 0 Å². The molecule has 0 saturated heterocycles. The van der Waals surface area contributed by atoms with Crippen LogP contribution in [0.5, 0.6) is 0 Å². The van der Waals surface area contributed by atoms with Gasteiger partial charge >= 0.3 is 5.97 Å². The van der Waals surface area contributed by atoms with E-state index in [4.69, 9.17) is 5.11 Å². The van der Waals surface area contributed by atoms with E-state index in [1.54, 1.807) is 0 Å². The van der Waals surface area contributed by atoms with Crippen LogP contribution in [0, 0.1) is 6.92 Å². The molecule has 0 aliphatic carbocycles. The van der Waals surface area contributed by atoms with Crippen molar-refractivity contribution in [2.45, 2.75) is 19.8 Å². The maximum Gasteiger partial charge on any atom is 0.337 e. The maximum atomic E-state index is 12.8. The smallest absolute Gasteiger partial charge is 0.337 e. The highest BCUT2D eigenvalue weighted by atomic mass is 16.4. The Balaban J connectivity index is 1.61. The summed E-state index contributed by atoms with van der Waals surface area (Å²) in [6, 6.07) is 20.7. The summed E-state index contributed by atoms with van der Waals surface area (Å²) in [5.74, 6) is -1.19. The van der Waals surface area contributed by atoms with Crippen molar-refractivity contribution in [3.8, 4) is 0 Å². The van der Waals surface area contributed by atoms with E-state index in [0.29, 0.717) is 5.69 Å². The van der Waals surface area contributed by atoms with Crippen LogP contribution in [-0.4, -0.2) is 27.0 Å². The van der Waals surface area contributed by atoms with Gasteiger partial charge < -0.3 is 10.4 Å². The molecule has 4 aromatic rings. The fourth-order valence-corrected chi connectivity index (χ4v) is 3.51. The zero-order valence-corrected chi connectivity index (χ0v) is 17.0. The molecule has 0 aliphatic rings. The number of nitrogens with one attached hydrogen (secondary N) is 1. The van der Waals surface area contributed by atoms with Gasteiger partial charge in [-0.2, -0.15) is 0 Å². The molecule has 2 N–H and O–H groups in total. The van der Waals surface area contributed by atoms with Crippen LogP contribution >= 0.6 is 0 Å². The Kier molecular flexibility index (Phi) is 5.71. The van der Waals surface area contributed by atoms with E-state index in [1.165, 1.54) is 29.5 Å². The van der Waals surface area contributed by atoms with Crippen LogP contribution in [0.2, 0.25) is 0 Å². The first-order valence-electron chi connectivity index (χ1n) is 9.95. The zero-order chi connectivity index (χ0) is 21.8. The first-order chi connectivity index (χ1) is 15.0. The molecule has 1 amide bonds. The Labute approximate surface area is 179 Å². The molecule has 0 atom stereocenters.